The van der Waals surface area contributed by atoms with E-state index in [1.165, 1.54) is 16.7 Å². The number of ether oxygens (including phenoxy) is 1. The van der Waals surface area contributed by atoms with Gasteiger partial charge in [0.05, 0.1) is 19.0 Å². The molecule has 0 amide bonds. The molecule has 90 valence electrons. The van der Waals surface area contributed by atoms with Crippen molar-refractivity contribution in [2.75, 3.05) is 7.11 Å². The van der Waals surface area contributed by atoms with Crippen molar-refractivity contribution in [3.05, 3.63) is 34.8 Å². The van der Waals surface area contributed by atoms with Gasteiger partial charge in [0, 0.05) is 5.56 Å². The lowest BCUT2D eigenvalue weighted by Crippen LogP contribution is -1.97. The number of nitrogens with one attached hydrogen (secondary N) is 1. The fourth-order valence-electron chi connectivity index (χ4n) is 2.19. The van der Waals surface area contributed by atoms with Crippen LogP contribution in [0.4, 0.5) is 0 Å². The zero-order valence-corrected chi connectivity index (χ0v) is 11.0. The van der Waals surface area contributed by atoms with Crippen molar-refractivity contribution in [1.29, 1.82) is 0 Å². The Morgan fingerprint density at radius 1 is 1.12 bits per heavy atom. The number of benzene rings is 1. The fourth-order valence-corrected chi connectivity index (χ4v) is 2.19. The Labute approximate surface area is 102 Å². The van der Waals surface area contributed by atoms with Gasteiger partial charge in [-0.2, -0.15) is 0 Å². The molecule has 0 fully saturated rings. The zero-order valence-electron chi connectivity index (χ0n) is 11.0. The van der Waals surface area contributed by atoms with Gasteiger partial charge in [-0.3, -0.25) is 0 Å². The maximum absolute atomic E-state index is 5.55. The quantitative estimate of drug-likeness (QED) is 0.859. The van der Waals surface area contributed by atoms with E-state index >= 15 is 0 Å². The van der Waals surface area contributed by atoms with Crippen LogP contribution in [0.1, 0.15) is 22.5 Å². The lowest BCUT2D eigenvalue weighted by Gasteiger charge is -2.15. The van der Waals surface area contributed by atoms with Crippen LogP contribution in [0.2, 0.25) is 0 Å². The normalized spacial score (nSPS) is 10.6. The zero-order chi connectivity index (χ0) is 12.6. The molecule has 0 saturated carbocycles. The number of aryl methyl sites for hydroxylation is 3. The third-order valence-electron chi connectivity index (χ3n) is 3.16. The van der Waals surface area contributed by atoms with Gasteiger partial charge in [0.1, 0.15) is 11.6 Å². The van der Waals surface area contributed by atoms with Gasteiger partial charge in [0.15, 0.2) is 0 Å². The summed E-state index contributed by atoms with van der Waals surface area (Å²) in [6.45, 7) is 8.24. The topological polar surface area (TPSA) is 37.9 Å². The molecule has 0 atom stereocenters. The van der Waals surface area contributed by atoms with Crippen molar-refractivity contribution in [2.24, 2.45) is 0 Å². The van der Waals surface area contributed by atoms with Crippen LogP contribution >= 0.6 is 0 Å². The lowest BCUT2D eigenvalue weighted by atomic mass is 9.97. The van der Waals surface area contributed by atoms with Crippen molar-refractivity contribution in [2.45, 2.75) is 27.7 Å². The molecule has 0 spiro atoms. The Balaban J connectivity index is 2.72. The first-order chi connectivity index (χ1) is 8.04. The molecular formula is C14H18N2O. The Kier molecular flexibility index (Phi) is 2.92. The maximum atomic E-state index is 5.55. The summed E-state index contributed by atoms with van der Waals surface area (Å²) >= 11 is 0. The molecule has 0 aliphatic heterocycles. The Bertz CT molecular complexity index is 556. The summed E-state index contributed by atoms with van der Waals surface area (Å²) in [5.74, 6) is 1.85. The monoisotopic (exact) mass is 230 g/mol. The number of aromatic nitrogens is 2. The van der Waals surface area contributed by atoms with Gasteiger partial charge in [-0.1, -0.05) is 6.07 Å². The van der Waals surface area contributed by atoms with Crippen LogP contribution in [0.25, 0.3) is 11.3 Å². The largest absolute Gasteiger partial charge is 0.496 e. The minimum absolute atomic E-state index is 0.916. The number of hydrogen-bond acceptors (Lipinski definition) is 2. The van der Waals surface area contributed by atoms with Crippen molar-refractivity contribution in [3.8, 4) is 17.0 Å². The SMILES string of the molecule is COc1c(C)c(C)cc(C)c1-c1cnc(C)[nH]1. The number of methoxy groups -OCH3 is 1. The van der Waals surface area contributed by atoms with E-state index in [9.17, 15) is 0 Å². The summed E-state index contributed by atoms with van der Waals surface area (Å²) in [6.07, 6.45) is 1.86. The second kappa shape index (κ2) is 4.24. The Hall–Kier alpha value is -1.77. The van der Waals surface area contributed by atoms with Crippen LogP contribution in [0.15, 0.2) is 12.3 Å². The predicted molar refractivity (Wildman–Crippen MR) is 69.5 cm³/mol. The Morgan fingerprint density at radius 3 is 2.35 bits per heavy atom. The third-order valence-corrected chi connectivity index (χ3v) is 3.16. The summed E-state index contributed by atoms with van der Waals surface area (Å²) in [6, 6.07) is 2.18. The van der Waals surface area contributed by atoms with Gasteiger partial charge in [-0.25, -0.2) is 4.98 Å². The standard InChI is InChI=1S/C14H18N2O/c1-8-6-9(2)13(14(17-5)10(8)3)12-7-15-11(4)16-12/h6-7H,1-5H3,(H,15,16). The minimum Gasteiger partial charge on any atom is -0.496 e. The molecule has 3 nitrogen and oxygen atoms in total. The van der Waals surface area contributed by atoms with Gasteiger partial charge in [-0.05, 0) is 44.4 Å². The molecule has 0 radical (unpaired) electrons. The fraction of sp³-hybridized carbons (Fsp3) is 0.357. The van der Waals surface area contributed by atoms with Gasteiger partial charge < -0.3 is 9.72 Å². The molecule has 1 aromatic carbocycles. The number of rotatable bonds is 2. The molecule has 17 heavy (non-hydrogen) atoms. The average Bonchev–Trinajstić information content (AvgIpc) is 2.69. The average molecular weight is 230 g/mol. The van der Waals surface area contributed by atoms with Crippen molar-refractivity contribution < 1.29 is 4.74 Å². The molecule has 0 unspecified atom stereocenters. The molecule has 1 heterocycles. The van der Waals surface area contributed by atoms with Crippen LogP contribution < -0.4 is 4.74 Å². The van der Waals surface area contributed by atoms with Crippen LogP contribution in [0, 0.1) is 27.7 Å². The van der Waals surface area contributed by atoms with Gasteiger partial charge in [-0.15, -0.1) is 0 Å². The second-order valence-corrected chi connectivity index (χ2v) is 4.43. The van der Waals surface area contributed by atoms with E-state index in [0.29, 0.717) is 0 Å². The summed E-state index contributed by atoms with van der Waals surface area (Å²) in [4.78, 5) is 7.51. The van der Waals surface area contributed by atoms with Crippen molar-refractivity contribution in [3.63, 3.8) is 0 Å². The van der Waals surface area contributed by atoms with E-state index in [2.05, 4.69) is 36.8 Å². The number of aromatic amines is 1. The molecule has 0 saturated heterocycles. The lowest BCUT2D eigenvalue weighted by molar-refractivity contribution is 0.412. The van der Waals surface area contributed by atoms with E-state index < -0.39 is 0 Å². The molecule has 1 aromatic heterocycles. The number of H-pyrrole nitrogens is 1. The van der Waals surface area contributed by atoms with E-state index in [4.69, 9.17) is 4.74 Å². The number of nitrogens with zero attached hydrogens (tertiary/aromatic N) is 1. The van der Waals surface area contributed by atoms with E-state index in [1.807, 2.05) is 13.1 Å². The summed E-state index contributed by atoms with van der Waals surface area (Å²) in [5, 5.41) is 0. The first-order valence-electron chi connectivity index (χ1n) is 5.71. The van der Waals surface area contributed by atoms with E-state index in [0.717, 1.165) is 22.8 Å². The number of imidazole rings is 1. The third kappa shape index (κ3) is 1.93. The summed E-state index contributed by atoms with van der Waals surface area (Å²) in [7, 11) is 1.72. The van der Waals surface area contributed by atoms with Crippen molar-refractivity contribution in [1.82, 2.24) is 9.97 Å². The first kappa shape index (κ1) is 11.7. The van der Waals surface area contributed by atoms with Crippen LogP contribution in [0.3, 0.4) is 0 Å². The molecule has 0 bridgehead atoms. The van der Waals surface area contributed by atoms with Crippen molar-refractivity contribution >= 4 is 0 Å². The molecule has 1 N–H and O–H groups in total. The highest BCUT2D eigenvalue weighted by atomic mass is 16.5. The molecule has 0 aliphatic rings. The molecular weight excluding hydrogens is 212 g/mol. The summed E-state index contributed by atoms with van der Waals surface area (Å²) < 4.78 is 5.55. The van der Waals surface area contributed by atoms with Gasteiger partial charge >= 0.3 is 0 Å². The van der Waals surface area contributed by atoms with Crippen LogP contribution in [0.5, 0.6) is 5.75 Å². The highest BCUT2D eigenvalue weighted by molar-refractivity contribution is 5.73. The van der Waals surface area contributed by atoms with Crippen LogP contribution in [-0.2, 0) is 0 Å². The second-order valence-electron chi connectivity index (χ2n) is 4.43. The first-order valence-corrected chi connectivity index (χ1v) is 5.71. The Morgan fingerprint density at radius 2 is 1.82 bits per heavy atom. The maximum Gasteiger partial charge on any atom is 0.131 e. The minimum atomic E-state index is 0.916. The number of hydrogen-bond donors (Lipinski definition) is 1. The highest BCUT2D eigenvalue weighted by Gasteiger charge is 2.15. The van der Waals surface area contributed by atoms with Crippen LogP contribution in [-0.4, -0.2) is 17.1 Å². The van der Waals surface area contributed by atoms with Gasteiger partial charge in [0.25, 0.3) is 0 Å². The molecule has 2 rings (SSSR count). The smallest absolute Gasteiger partial charge is 0.131 e. The van der Waals surface area contributed by atoms with E-state index in [1.54, 1.807) is 7.11 Å². The molecule has 2 aromatic rings. The van der Waals surface area contributed by atoms with E-state index in [-0.39, 0.29) is 0 Å². The predicted octanol–water partition coefficient (Wildman–Crippen LogP) is 3.32. The highest BCUT2D eigenvalue weighted by Crippen LogP contribution is 2.36. The molecule has 0 aliphatic carbocycles. The van der Waals surface area contributed by atoms with Gasteiger partial charge in [0.2, 0.25) is 0 Å². The molecule has 3 heteroatoms. The summed E-state index contributed by atoms with van der Waals surface area (Å²) in [5.41, 5.74) is 5.75.